The number of benzene rings is 1. The third-order valence-electron chi connectivity index (χ3n) is 2.97. The Hall–Kier alpha value is -2.61. The molecule has 2 amide bonds. The van der Waals surface area contributed by atoms with Crippen LogP contribution in [0.4, 0.5) is 0 Å². The van der Waals surface area contributed by atoms with E-state index in [-0.39, 0.29) is 5.69 Å². The molecule has 0 aliphatic carbocycles. The van der Waals surface area contributed by atoms with Gasteiger partial charge in [0, 0.05) is 11.8 Å². The molecular weight excluding hydrogens is 378 g/mol. The monoisotopic (exact) mass is 393 g/mol. The zero-order valence-corrected chi connectivity index (χ0v) is 14.7. The van der Waals surface area contributed by atoms with E-state index in [0.29, 0.717) is 28.1 Å². The van der Waals surface area contributed by atoms with Gasteiger partial charge < -0.3 is 9.47 Å². The number of nitrogens with one attached hydrogen (secondary N) is 2. The van der Waals surface area contributed by atoms with E-state index in [1.54, 1.807) is 18.2 Å². The van der Waals surface area contributed by atoms with Crippen LogP contribution in [0.25, 0.3) is 0 Å². The lowest BCUT2D eigenvalue weighted by Crippen LogP contribution is -2.41. The van der Waals surface area contributed by atoms with Crippen LogP contribution in [-0.4, -0.2) is 30.5 Å². The van der Waals surface area contributed by atoms with Gasteiger partial charge in [0.25, 0.3) is 11.8 Å². The number of carbonyl (C=O) groups is 2. The van der Waals surface area contributed by atoms with Gasteiger partial charge in [-0.15, -0.1) is 0 Å². The lowest BCUT2D eigenvalue weighted by Gasteiger charge is -2.13. The number of aromatic nitrogens is 1. The predicted octanol–water partition coefficient (Wildman–Crippen LogP) is 2.33. The van der Waals surface area contributed by atoms with Crippen LogP contribution < -0.4 is 20.3 Å². The molecule has 0 fully saturated rings. The standard InChI is InChI=1S/C16H16BrN3O4/c1-3-24-14-11(17)8-10(9-13(14)23-2)15(21)19-20-16(22)12-6-4-5-7-18-12/h4-9H,3H2,1-2H3,(H,19,21)(H,20,22). The van der Waals surface area contributed by atoms with Gasteiger partial charge in [-0.2, -0.15) is 0 Å². The molecular formula is C16H16BrN3O4. The number of carbonyl (C=O) groups excluding carboxylic acids is 2. The molecule has 0 bridgehead atoms. The summed E-state index contributed by atoms with van der Waals surface area (Å²) in [6.07, 6.45) is 1.49. The molecule has 0 unspecified atom stereocenters. The molecule has 0 spiro atoms. The molecule has 0 aliphatic heterocycles. The molecule has 7 nitrogen and oxygen atoms in total. The number of methoxy groups -OCH3 is 1. The van der Waals surface area contributed by atoms with Crippen LogP contribution in [-0.2, 0) is 0 Å². The minimum atomic E-state index is -0.513. The highest BCUT2D eigenvalue weighted by molar-refractivity contribution is 9.10. The molecule has 1 aromatic heterocycles. The van der Waals surface area contributed by atoms with Crippen LogP contribution in [0.3, 0.4) is 0 Å². The largest absolute Gasteiger partial charge is 0.493 e. The summed E-state index contributed by atoms with van der Waals surface area (Å²) in [7, 11) is 1.48. The molecule has 2 aromatic rings. The Balaban J connectivity index is 2.10. The van der Waals surface area contributed by atoms with Crippen LogP contribution in [0.1, 0.15) is 27.8 Å². The van der Waals surface area contributed by atoms with Gasteiger partial charge in [-0.05, 0) is 47.1 Å². The van der Waals surface area contributed by atoms with Crippen molar-refractivity contribution in [2.75, 3.05) is 13.7 Å². The maximum absolute atomic E-state index is 12.2. The second-order valence-corrected chi connectivity index (χ2v) is 5.40. The van der Waals surface area contributed by atoms with Crippen molar-refractivity contribution >= 4 is 27.7 Å². The molecule has 1 heterocycles. The van der Waals surface area contributed by atoms with Crippen LogP contribution in [0.2, 0.25) is 0 Å². The molecule has 24 heavy (non-hydrogen) atoms. The van der Waals surface area contributed by atoms with Crippen molar-refractivity contribution in [1.29, 1.82) is 0 Å². The number of rotatable bonds is 5. The minimum absolute atomic E-state index is 0.197. The van der Waals surface area contributed by atoms with E-state index in [1.807, 2.05) is 6.92 Å². The fourth-order valence-electron chi connectivity index (χ4n) is 1.88. The summed E-state index contributed by atoms with van der Waals surface area (Å²) in [6.45, 7) is 2.31. The van der Waals surface area contributed by atoms with Crippen molar-refractivity contribution in [3.63, 3.8) is 0 Å². The molecule has 126 valence electrons. The fraction of sp³-hybridized carbons (Fsp3) is 0.188. The first-order chi connectivity index (χ1) is 11.6. The molecule has 0 radical (unpaired) electrons. The van der Waals surface area contributed by atoms with Gasteiger partial charge in [0.15, 0.2) is 11.5 Å². The van der Waals surface area contributed by atoms with Gasteiger partial charge in [0.05, 0.1) is 18.2 Å². The lowest BCUT2D eigenvalue weighted by atomic mass is 10.2. The van der Waals surface area contributed by atoms with Gasteiger partial charge in [0.1, 0.15) is 5.69 Å². The summed E-state index contributed by atoms with van der Waals surface area (Å²) >= 11 is 3.34. The van der Waals surface area contributed by atoms with Crippen molar-refractivity contribution < 1.29 is 19.1 Å². The Labute approximate surface area is 147 Å². The SMILES string of the molecule is CCOc1c(Br)cc(C(=O)NNC(=O)c2ccccn2)cc1OC. The van der Waals surface area contributed by atoms with Gasteiger partial charge in [0.2, 0.25) is 0 Å². The van der Waals surface area contributed by atoms with E-state index in [0.717, 1.165) is 0 Å². The predicted molar refractivity (Wildman–Crippen MR) is 91.0 cm³/mol. The summed E-state index contributed by atoms with van der Waals surface area (Å²) < 4.78 is 11.3. The molecule has 0 atom stereocenters. The van der Waals surface area contributed by atoms with Crippen LogP contribution >= 0.6 is 15.9 Å². The number of pyridine rings is 1. The van der Waals surface area contributed by atoms with Crippen molar-refractivity contribution in [1.82, 2.24) is 15.8 Å². The smallest absolute Gasteiger partial charge is 0.288 e. The number of amides is 2. The highest BCUT2D eigenvalue weighted by Crippen LogP contribution is 2.36. The Morgan fingerprint density at radius 2 is 1.96 bits per heavy atom. The number of hydrogen-bond donors (Lipinski definition) is 2. The summed E-state index contributed by atoms with van der Waals surface area (Å²) in [6, 6.07) is 8.02. The maximum Gasteiger partial charge on any atom is 0.288 e. The normalized spacial score (nSPS) is 9.96. The third kappa shape index (κ3) is 4.23. The Kier molecular flexibility index (Phi) is 6.14. The molecule has 0 aliphatic rings. The zero-order chi connectivity index (χ0) is 17.5. The van der Waals surface area contributed by atoms with Crippen molar-refractivity contribution in [2.45, 2.75) is 6.92 Å². The highest BCUT2D eigenvalue weighted by Gasteiger charge is 2.16. The van der Waals surface area contributed by atoms with E-state index < -0.39 is 11.8 Å². The topological polar surface area (TPSA) is 89.6 Å². The Morgan fingerprint density at radius 1 is 1.21 bits per heavy atom. The number of halogens is 1. The summed E-state index contributed by atoms with van der Waals surface area (Å²) in [5, 5.41) is 0. The number of hydrogen-bond acceptors (Lipinski definition) is 5. The molecule has 2 rings (SSSR count). The number of nitrogens with zero attached hydrogens (tertiary/aromatic N) is 1. The molecule has 0 saturated heterocycles. The van der Waals surface area contributed by atoms with E-state index in [4.69, 9.17) is 9.47 Å². The van der Waals surface area contributed by atoms with Crippen molar-refractivity contribution in [2.24, 2.45) is 0 Å². The van der Waals surface area contributed by atoms with E-state index in [2.05, 4.69) is 31.8 Å². The second kappa shape index (κ2) is 8.30. The van der Waals surface area contributed by atoms with Gasteiger partial charge in [-0.25, -0.2) is 0 Å². The highest BCUT2D eigenvalue weighted by atomic mass is 79.9. The first-order valence-electron chi connectivity index (χ1n) is 7.08. The minimum Gasteiger partial charge on any atom is -0.493 e. The Morgan fingerprint density at radius 3 is 2.58 bits per heavy atom. The maximum atomic E-state index is 12.2. The number of ether oxygens (including phenoxy) is 2. The van der Waals surface area contributed by atoms with Crippen LogP contribution in [0.5, 0.6) is 11.5 Å². The zero-order valence-electron chi connectivity index (χ0n) is 13.1. The average Bonchev–Trinajstić information content (AvgIpc) is 2.61. The lowest BCUT2D eigenvalue weighted by molar-refractivity contribution is 0.0843. The quantitative estimate of drug-likeness (QED) is 0.760. The number of hydrazine groups is 1. The van der Waals surface area contributed by atoms with Crippen molar-refractivity contribution in [3.05, 3.63) is 52.3 Å². The van der Waals surface area contributed by atoms with Gasteiger partial charge >= 0.3 is 0 Å². The van der Waals surface area contributed by atoms with E-state index in [1.165, 1.54) is 25.4 Å². The summed E-state index contributed by atoms with van der Waals surface area (Å²) in [5.41, 5.74) is 5.13. The van der Waals surface area contributed by atoms with E-state index in [9.17, 15) is 9.59 Å². The molecule has 0 saturated carbocycles. The van der Waals surface area contributed by atoms with E-state index >= 15 is 0 Å². The summed E-state index contributed by atoms with van der Waals surface area (Å²) in [4.78, 5) is 28.0. The van der Waals surface area contributed by atoms with Crippen LogP contribution in [0.15, 0.2) is 41.0 Å². The van der Waals surface area contributed by atoms with Gasteiger partial charge in [-0.1, -0.05) is 6.07 Å². The first kappa shape index (κ1) is 17.7. The summed E-state index contributed by atoms with van der Waals surface area (Å²) in [5.74, 6) is -0.0938. The molecule has 2 N–H and O–H groups in total. The van der Waals surface area contributed by atoms with Gasteiger partial charge in [-0.3, -0.25) is 25.4 Å². The Bertz CT molecular complexity index is 738. The first-order valence-corrected chi connectivity index (χ1v) is 7.88. The average molecular weight is 394 g/mol. The molecule has 1 aromatic carbocycles. The fourth-order valence-corrected chi connectivity index (χ4v) is 2.44. The van der Waals surface area contributed by atoms with Crippen molar-refractivity contribution in [3.8, 4) is 11.5 Å². The van der Waals surface area contributed by atoms with Crippen LogP contribution in [0, 0.1) is 0 Å². The third-order valence-corrected chi connectivity index (χ3v) is 3.56. The molecule has 8 heteroatoms. The second-order valence-electron chi connectivity index (χ2n) is 4.55.